The highest BCUT2D eigenvalue weighted by molar-refractivity contribution is 6.28. The van der Waals surface area contributed by atoms with Gasteiger partial charge in [0, 0.05) is 32.3 Å². The average Bonchev–Trinajstić information content (AvgIpc) is 3.32. The molecule has 0 bridgehead atoms. The zero-order valence-corrected chi connectivity index (χ0v) is 16.1. The quantitative estimate of drug-likeness (QED) is 0.345. The molecule has 1 saturated heterocycles. The third kappa shape index (κ3) is 3.58. The summed E-state index contributed by atoms with van der Waals surface area (Å²) in [4.78, 5) is 36.6. The number of benzene rings is 1. The van der Waals surface area contributed by atoms with E-state index in [-0.39, 0.29) is 17.1 Å². The van der Waals surface area contributed by atoms with E-state index in [9.17, 15) is 9.59 Å². The number of imide groups is 1. The van der Waals surface area contributed by atoms with Gasteiger partial charge in [-0.05, 0) is 43.0 Å². The lowest BCUT2D eigenvalue weighted by molar-refractivity contribution is 0.0653. The van der Waals surface area contributed by atoms with Crippen LogP contribution in [0.5, 0.6) is 0 Å². The Balaban J connectivity index is 1.38. The molecule has 2 aromatic rings. The molecule has 0 N–H and O–H groups in total. The van der Waals surface area contributed by atoms with E-state index in [0.717, 1.165) is 37.3 Å². The molecule has 0 saturated carbocycles. The molecule has 1 aromatic heterocycles. The number of fused-ring (bicyclic) bond motifs is 1. The number of amides is 2. The standard InChI is InChI=1S/C21H19ClN4O2/c22-21-23-14-15(18(24-21)25-11-6-7-12-25)8-2-1-5-13-26-19(27)16-9-3-4-10-17(16)20(26)28/h3-4,9-10,14H,1,5-7,11-13H2. The fourth-order valence-corrected chi connectivity index (χ4v) is 3.66. The first kappa shape index (κ1) is 18.5. The Morgan fingerprint density at radius 3 is 2.43 bits per heavy atom. The molecule has 6 nitrogen and oxygen atoms in total. The third-order valence-corrected chi connectivity index (χ3v) is 5.11. The van der Waals surface area contributed by atoms with Gasteiger partial charge in [-0.2, -0.15) is 4.98 Å². The van der Waals surface area contributed by atoms with Crippen LogP contribution in [0.25, 0.3) is 0 Å². The van der Waals surface area contributed by atoms with Crippen molar-refractivity contribution < 1.29 is 9.59 Å². The van der Waals surface area contributed by atoms with Gasteiger partial charge in [0.1, 0.15) is 5.82 Å². The van der Waals surface area contributed by atoms with E-state index >= 15 is 0 Å². The lowest BCUT2D eigenvalue weighted by Gasteiger charge is -2.17. The Labute approximate surface area is 168 Å². The molecule has 28 heavy (non-hydrogen) atoms. The molecule has 142 valence electrons. The fourth-order valence-electron chi connectivity index (χ4n) is 3.54. The van der Waals surface area contributed by atoms with Crippen molar-refractivity contribution in [3.8, 4) is 11.8 Å². The second kappa shape index (κ2) is 7.99. The van der Waals surface area contributed by atoms with Gasteiger partial charge in [-0.1, -0.05) is 24.0 Å². The van der Waals surface area contributed by atoms with E-state index in [1.54, 1.807) is 30.5 Å². The Morgan fingerprint density at radius 1 is 1.07 bits per heavy atom. The first-order valence-corrected chi connectivity index (χ1v) is 9.74. The number of carbonyl (C=O) groups excluding carboxylic acids is 2. The summed E-state index contributed by atoms with van der Waals surface area (Å²) in [6, 6.07) is 6.92. The van der Waals surface area contributed by atoms with Crippen molar-refractivity contribution in [3.63, 3.8) is 0 Å². The lowest BCUT2D eigenvalue weighted by atomic mass is 10.1. The number of hydrogen-bond donors (Lipinski definition) is 0. The topological polar surface area (TPSA) is 66.4 Å². The summed E-state index contributed by atoms with van der Waals surface area (Å²) in [5, 5.41) is 0.220. The van der Waals surface area contributed by atoms with Gasteiger partial charge in [0.25, 0.3) is 11.8 Å². The molecule has 7 heteroatoms. The van der Waals surface area contributed by atoms with E-state index in [0.29, 0.717) is 30.5 Å². The highest BCUT2D eigenvalue weighted by Crippen LogP contribution is 2.24. The molecule has 0 spiro atoms. The summed E-state index contributed by atoms with van der Waals surface area (Å²) < 4.78 is 0. The van der Waals surface area contributed by atoms with E-state index in [1.165, 1.54) is 4.90 Å². The van der Waals surface area contributed by atoms with E-state index in [1.807, 2.05) is 0 Å². The van der Waals surface area contributed by atoms with Gasteiger partial charge in [-0.25, -0.2) is 4.98 Å². The number of halogens is 1. The van der Waals surface area contributed by atoms with Gasteiger partial charge in [-0.3, -0.25) is 14.5 Å². The molecule has 2 aliphatic rings. The van der Waals surface area contributed by atoms with Gasteiger partial charge in [0.15, 0.2) is 0 Å². The molecule has 0 radical (unpaired) electrons. The molecule has 0 unspecified atom stereocenters. The predicted octanol–water partition coefficient (Wildman–Crippen LogP) is 3.16. The Morgan fingerprint density at radius 2 is 1.75 bits per heavy atom. The normalized spacial score (nSPS) is 15.6. The molecule has 2 aliphatic heterocycles. The minimum Gasteiger partial charge on any atom is -0.355 e. The van der Waals surface area contributed by atoms with Crippen molar-refractivity contribution in [1.29, 1.82) is 0 Å². The van der Waals surface area contributed by atoms with Gasteiger partial charge >= 0.3 is 0 Å². The Kier molecular flexibility index (Phi) is 5.27. The number of hydrogen-bond acceptors (Lipinski definition) is 5. The largest absolute Gasteiger partial charge is 0.355 e. The van der Waals surface area contributed by atoms with Crippen LogP contribution in [-0.2, 0) is 0 Å². The number of anilines is 1. The second-order valence-electron chi connectivity index (χ2n) is 6.78. The van der Waals surface area contributed by atoms with E-state index in [4.69, 9.17) is 11.6 Å². The highest BCUT2D eigenvalue weighted by atomic mass is 35.5. The zero-order valence-electron chi connectivity index (χ0n) is 15.3. The van der Waals surface area contributed by atoms with Gasteiger partial charge < -0.3 is 4.90 Å². The van der Waals surface area contributed by atoms with Crippen molar-refractivity contribution in [2.45, 2.75) is 25.7 Å². The van der Waals surface area contributed by atoms with Crippen molar-refractivity contribution in [2.75, 3.05) is 24.5 Å². The Hall–Kier alpha value is -2.91. The molecular weight excluding hydrogens is 376 g/mol. The number of nitrogens with zero attached hydrogens (tertiary/aromatic N) is 4. The second-order valence-corrected chi connectivity index (χ2v) is 7.12. The number of rotatable bonds is 4. The number of unbranched alkanes of at least 4 members (excludes halogenated alkanes) is 1. The van der Waals surface area contributed by atoms with E-state index in [2.05, 4.69) is 26.7 Å². The molecule has 1 fully saturated rings. The zero-order chi connectivity index (χ0) is 19.5. The van der Waals surface area contributed by atoms with Gasteiger partial charge in [0.05, 0.1) is 16.7 Å². The van der Waals surface area contributed by atoms with Crippen molar-refractivity contribution >= 4 is 29.2 Å². The molecule has 1 aromatic carbocycles. The lowest BCUT2D eigenvalue weighted by Crippen LogP contribution is -2.30. The predicted molar refractivity (Wildman–Crippen MR) is 106 cm³/mol. The Bertz CT molecular complexity index is 954. The van der Waals surface area contributed by atoms with Crippen molar-refractivity contribution in [3.05, 3.63) is 52.4 Å². The third-order valence-electron chi connectivity index (χ3n) is 4.93. The van der Waals surface area contributed by atoms with Crippen LogP contribution in [0, 0.1) is 11.8 Å². The highest BCUT2D eigenvalue weighted by Gasteiger charge is 2.34. The van der Waals surface area contributed by atoms with Crippen molar-refractivity contribution in [1.82, 2.24) is 14.9 Å². The summed E-state index contributed by atoms with van der Waals surface area (Å²) >= 11 is 5.95. The van der Waals surface area contributed by atoms with Crippen LogP contribution in [0.4, 0.5) is 5.82 Å². The summed E-state index contributed by atoms with van der Waals surface area (Å²) in [5.41, 5.74) is 1.71. The molecule has 3 heterocycles. The van der Waals surface area contributed by atoms with Crippen LogP contribution in [0.3, 0.4) is 0 Å². The molecular formula is C21H19ClN4O2. The van der Waals surface area contributed by atoms with E-state index < -0.39 is 0 Å². The number of carbonyl (C=O) groups is 2. The monoisotopic (exact) mass is 394 g/mol. The van der Waals surface area contributed by atoms with Crippen LogP contribution >= 0.6 is 11.6 Å². The van der Waals surface area contributed by atoms with Crippen LogP contribution in [0.2, 0.25) is 5.28 Å². The smallest absolute Gasteiger partial charge is 0.261 e. The van der Waals surface area contributed by atoms with Crippen LogP contribution < -0.4 is 4.90 Å². The summed E-state index contributed by atoms with van der Waals surface area (Å²) in [5.74, 6) is 6.56. The first-order valence-electron chi connectivity index (χ1n) is 9.37. The summed E-state index contributed by atoms with van der Waals surface area (Å²) in [6.07, 6.45) is 5.10. The average molecular weight is 395 g/mol. The van der Waals surface area contributed by atoms with Crippen LogP contribution in [0.15, 0.2) is 30.5 Å². The van der Waals surface area contributed by atoms with Crippen LogP contribution in [0.1, 0.15) is 52.0 Å². The molecule has 4 rings (SSSR count). The maximum atomic E-state index is 12.4. The van der Waals surface area contributed by atoms with Crippen LogP contribution in [-0.4, -0.2) is 46.3 Å². The maximum absolute atomic E-state index is 12.4. The minimum atomic E-state index is -0.226. The SMILES string of the molecule is O=C1c2ccccc2C(=O)N1CCCC#Cc1cnc(Cl)nc1N1CCCC1. The molecule has 2 amide bonds. The summed E-state index contributed by atoms with van der Waals surface area (Å²) in [6.45, 7) is 2.25. The van der Waals surface area contributed by atoms with Crippen molar-refractivity contribution in [2.24, 2.45) is 0 Å². The van der Waals surface area contributed by atoms with Gasteiger partial charge in [-0.15, -0.1) is 0 Å². The maximum Gasteiger partial charge on any atom is 0.261 e. The fraction of sp³-hybridized carbons (Fsp3) is 0.333. The first-order chi connectivity index (χ1) is 13.6. The molecule has 0 atom stereocenters. The summed E-state index contributed by atoms with van der Waals surface area (Å²) in [7, 11) is 0. The number of aromatic nitrogens is 2. The van der Waals surface area contributed by atoms with Gasteiger partial charge in [0.2, 0.25) is 5.28 Å². The minimum absolute atomic E-state index is 0.220. The molecule has 0 aliphatic carbocycles.